The Morgan fingerprint density at radius 1 is 1.27 bits per heavy atom. The van der Waals surface area contributed by atoms with Crippen molar-refractivity contribution in [2.75, 3.05) is 5.75 Å². The number of aromatic nitrogens is 4. The van der Waals surface area contributed by atoms with E-state index in [2.05, 4.69) is 20.8 Å². The molecule has 1 aromatic heterocycles. The average Bonchev–Trinajstić information content (AvgIpc) is 3.09. The summed E-state index contributed by atoms with van der Waals surface area (Å²) in [5.74, 6) is 0.166. The van der Waals surface area contributed by atoms with Gasteiger partial charge in [0.1, 0.15) is 5.75 Å². The molecule has 0 aliphatic rings. The molecule has 0 saturated carbocycles. The summed E-state index contributed by atoms with van der Waals surface area (Å²) < 4.78 is 1.51. The molecule has 7 nitrogen and oxygen atoms in total. The molecule has 0 aliphatic carbocycles. The van der Waals surface area contributed by atoms with Crippen LogP contribution in [0.15, 0.2) is 53.7 Å². The molecule has 26 heavy (non-hydrogen) atoms. The minimum Gasteiger partial charge on any atom is -0.508 e. The predicted octanol–water partition coefficient (Wildman–Crippen LogP) is 2.99. The maximum atomic E-state index is 12.2. The zero-order valence-electron chi connectivity index (χ0n) is 13.8. The number of thioether (sulfide) groups is 1. The fourth-order valence-electron chi connectivity index (χ4n) is 2.34. The van der Waals surface area contributed by atoms with Gasteiger partial charge in [-0.2, -0.15) is 4.68 Å². The van der Waals surface area contributed by atoms with Gasteiger partial charge < -0.3 is 10.4 Å². The summed E-state index contributed by atoms with van der Waals surface area (Å²) in [6.07, 6.45) is 0. The first-order chi connectivity index (χ1) is 12.5. The Kier molecular flexibility index (Phi) is 5.75. The van der Waals surface area contributed by atoms with Crippen LogP contribution in [0.5, 0.6) is 5.75 Å². The molecule has 134 valence electrons. The van der Waals surface area contributed by atoms with E-state index in [0.29, 0.717) is 15.9 Å². The number of halogens is 1. The SMILES string of the molecule is CC(NC(=O)CSc1nnnn1-c1ccc(O)cc1)c1ccccc1Cl. The lowest BCUT2D eigenvalue weighted by molar-refractivity contribution is -0.119. The minimum absolute atomic E-state index is 0.150. The van der Waals surface area contributed by atoms with Crippen LogP contribution in [0.1, 0.15) is 18.5 Å². The Balaban J connectivity index is 1.61. The first kappa shape index (κ1) is 18.2. The van der Waals surface area contributed by atoms with Gasteiger partial charge in [0.15, 0.2) is 0 Å². The number of amides is 1. The largest absolute Gasteiger partial charge is 0.508 e. The molecule has 3 aromatic rings. The van der Waals surface area contributed by atoms with E-state index in [1.165, 1.54) is 16.4 Å². The highest BCUT2D eigenvalue weighted by atomic mass is 35.5. The third kappa shape index (κ3) is 4.33. The van der Waals surface area contributed by atoms with Crippen molar-refractivity contribution in [2.24, 2.45) is 0 Å². The summed E-state index contributed by atoms with van der Waals surface area (Å²) in [6, 6.07) is 13.7. The average molecular weight is 390 g/mol. The fourth-order valence-corrected chi connectivity index (χ4v) is 3.34. The van der Waals surface area contributed by atoms with Gasteiger partial charge in [-0.25, -0.2) is 0 Å². The van der Waals surface area contributed by atoms with Crippen molar-refractivity contribution in [1.29, 1.82) is 0 Å². The number of phenolic OH excluding ortho intramolecular Hbond substituents is 1. The summed E-state index contributed by atoms with van der Waals surface area (Å²) in [6.45, 7) is 1.88. The van der Waals surface area contributed by atoms with Gasteiger partial charge in [0.2, 0.25) is 11.1 Å². The first-order valence-corrected chi connectivity index (χ1v) is 9.15. The molecule has 0 aliphatic heterocycles. The topological polar surface area (TPSA) is 92.9 Å². The number of benzene rings is 2. The second-order valence-corrected chi connectivity index (χ2v) is 6.84. The molecule has 0 bridgehead atoms. The van der Waals surface area contributed by atoms with Crippen LogP contribution in [0.25, 0.3) is 5.69 Å². The van der Waals surface area contributed by atoms with Crippen LogP contribution in [0.4, 0.5) is 0 Å². The smallest absolute Gasteiger partial charge is 0.230 e. The van der Waals surface area contributed by atoms with Crippen LogP contribution >= 0.6 is 23.4 Å². The zero-order valence-corrected chi connectivity index (χ0v) is 15.4. The van der Waals surface area contributed by atoms with Gasteiger partial charge in [-0.3, -0.25) is 4.79 Å². The van der Waals surface area contributed by atoms with Gasteiger partial charge in [0, 0.05) is 5.02 Å². The second-order valence-electron chi connectivity index (χ2n) is 5.49. The van der Waals surface area contributed by atoms with Crippen molar-refractivity contribution in [1.82, 2.24) is 25.5 Å². The standard InChI is InChI=1S/C17H16ClN5O2S/c1-11(14-4-2-3-5-15(14)18)19-16(25)10-26-17-20-21-22-23(17)12-6-8-13(24)9-7-12/h2-9,11,24H,10H2,1H3,(H,19,25). The Bertz CT molecular complexity index is 900. The summed E-state index contributed by atoms with van der Waals surface area (Å²) >= 11 is 7.38. The third-order valence-corrected chi connectivity index (χ3v) is 4.88. The van der Waals surface area contributed by atoms with Crippen LogP contribution in [-0.4, -0.2) is 37.0 Å². The van der Waals surface area contributed by atoms with Gasteiger partial charge in [-0.1, -0.05) is 41.6 Å². The highest BCUT2D eigenvalue weighted by Gasteiger charge is 2.15. The molecule has 2 N–H and O–H groups in total. The highest BCUT2D eigenvalue weighted by molar-refractivity contribution is 7.99. The molecular weight excluding hydrogens is 374 g/mol. The van der Waals surface area contributed by atoms with Crippen LogP contribution in [0.3, 0.4) is 0 Å². The van der Waals surface area contributed by atoms with E-state index in [4.69, 9.17) is 11.6 Å². The van der Waals surface area contributed by atoms with Gasteiger partial charge >= 0.3 is 0 Å². The number of nitrogens with zero attached hydrogens (tertiary/aromatic N) is 4. The second kappa shape index (κ2) is 8.20. The quantitative estimate of drug-likeness (QED) is 0.629. The molecule has 1 amide bonds. The number of nitrogens with one attached hydrogen (secondary N) is 1. The number of phenols is 1. The molecule has 9 heteroatoms. The molecule has 1 atom stereocenters. The molecule has 0 spiro atoms. The Hall–Kier alpha value is -2.58. The Labute approximate surface area is 159 Å². The number of aromatic hydroxyl groups is 1. The molecule has 0 fully saturated rings. The maximum Gasteiger partial charge on any atom is 0.230 e. The van der Waals surface area contributed by atoms with E-state index in [9.17, 15) is 9.90 Å². The number of tetrazole rings is 1. The molecule has 0 saturated heterocycles. The number of hydrogen-bond acceptors (Lipinski definition) is 6. The summed E-state index contributed by atoms with van der Waals surface area (Å²) in [5, 5.41) is 24.9. The third-order valence-electron chi connectivity index (χ3n) is 3.62. The number of carbonyl (C=O) groups is 1. The van der Waals surface area contributed by atoms with Crippen LogP contribution in [0, 0.1) is 0 Å². The summed E-state index contributed by atoms with van der Waals surface area (Å²) in [5.41, 5.74) is 1.56. The molecule has 1 heterocycles. The number of hydrogen-bond donors (Lipinski definition) is 2. The van der Waals surface area contributed by atoms with Gasteiger partial charge in [-0.05, 0) is 53.2 Å². The first-order valence-electron chi connectivity index (χ1n) is 7.79. The van der Waals surface area contributed by atoms with E-state index in [1.807, 2.05) is 25.1 Å². The van der Waals surface area contributed by atoms with Crippen molar-refractivity contribution in [3.63, 3.8) is 0 Å². The van der Waals surface area contributed by atoms with Crippen molar-refractivity contribution < 1.29 is 9.90 Å². The van der Waals surface area contributed by atoms with Crippen LogP contribution < -0.4 is 5.32 Å². The lowest BCUT2D eigenvalue weighted by atomic mass is 10.1. The van der Waals surface area contributed by atoms with Gasteiger partial charge in [0.25, 0.3) is 0 Å². The van der Waals surface area contributed by atoms with Crippen molar-refractivity contribution in [3.05, 3.63) is 59.1 Å². The maximum absolute atomic E-state index is 12.2. The molecule has 0 radical (unpaired) electrons. The van der Waals surface area contributed by atoms with E-state index in [-0.39, 0.29) is 23.5 Å². The molecule has 1 unspecified atom stereocenters. The molecule has 2 aromatic carbocycles. The minimum atomic E-state index is -0.204. The van der Waals surface area contributed by atoms with E-state index >= 15 is 0 Å². The van der Waals surface area contributed by atoms with Crippen molar-refractivity contribution in [2.45, 2.75) is 18.1 Å². The molecular formula is C17H16ClN5O2S. The van der Waals surface area contributed by atoms with Crippen molar-refractivity contribution in [3.8, 4) is 11.4 Å². The Morgan fingerprint density at radius 3 is 2.73 bits per heavy atom. The van der Waals surface area contributed by atoms with E-state index in [1.54, 1.807) is 30.3 Å². The monoisotopic (exact) mass is 389 g/mol. The summed E-state index contributed by atoms with van der Waals surface area (Å²) in [4.78, 5) is 12.2. The number of carbonyl (C=O) groups excluding carboxylic acids is 1. The zero-order chi connectivity index (χ0) is 18.5. The predicted molar refractivity (Wildman–Crippen MR) is 99.6 cm³/mol. The Morgan fingerprint density at radius 2 is 2.00 bits per heavy atom. The van der Waals surface area contributed by atoms with Gasteiger partial charge in [-0.15, -0.1) is 5.10 Å². The van der Waals surface area contributed by atoms with E-state index < -0.39 is 0 Å². The van der Waals surface area contributed by atoms with Crippen LogP contribution in [-0.2, 0) is 4.79 Å². The van der Waals surface area contributed by atoms with Crippen LogP contribution in [0.2, 0.25) is 5.02 Å². The van der Waals surface area contributed by atoms with Gasteiger partial charge in [0.05, 0.1) is 17.5 Å². The molecule has 3 rings (SSSR count). The summed E-state index contributed by atoms with van der Waals surface area (Å²) in [7, 11) is 0. The number of rotatable bonds is 6. The van der Waals surface area contributed by atoms with E-state index in [0.717, 1.165) is 5.56 Å². The van der Waals surface area contributed by atoms with Crippen molar-refractivity contribution >= 4 is 29.3 Å². The fraction of sp³-hybridized carbons (Fsp3) is 0.176. The lowest BCUT2D eigenvalue weighted by Gasteiger charge is -2.15. The normalized spacial score (nSPS) is 11.9. The lowest BCUT2D eigenvalue weighted by Crippen LogP contribution is -2.28. The highest BCUT2D eigenvalue weighted by Crippen LogP contribution is 2.23.